The Kier molecular flexibility index (Phi) is 4.01. The van der Waals surface area contributed by atoms with E-state index < -0.39 is 11.8 Å². The molecule has 0 aliphatic carbocycles. The van der Waals surface area contributed by atoms with Crippen molar-refractivity contribution in [3.63, 3.8) is 0 Å². The zero-order valence-electron chi connectivity index (χ0n) is 10.6. The highest BCUT2D eigenvalue weighted by Crippen LogP contribution is 2.18. The molecule has 0 aliphatic heterocycles. The van der Waals surface area contributed by atoms with Crippen LogP contribution in [0.25, 0.3) is 0 Å². The van der Waals surface area contributed by atoms with E-state index >= 15 is 0 Å². The highest BCUT2D eigenvalue weighted by Gasteiger charge is 2.15. The molecule has 5 nitrogen and oxygen atoms in total. The summed E-state index contributed by atoms with van der Waals surface area (Å²) in [6.07, 6.45) is 1.36. The van der Waals surface area contributed by atoms with Gasteiger partial charge >= 0.3 is 5.97 Å². The molecule has 2 rings (SSSR count). The maximum Gasteiger partial charge on any atom is 0.374 e. The van der Waals surface area contributed by atoms with Gasteiger partial charge in [-0.15, -0.1) is 0 Å². The summed E-state index contributed by atoms with van der Waals surface area (Å²) in [5.41, 5.74) is 1.04. The Bertz CT molecular complexity index is 673. The number of esters is 1. The molecule has 1 N–H and O–H groups in total. The van der Waals surface area contributed by atoms with Crippen LogP contribution in [0.4, 0.5) is 10.1 Å². The number of benzene rings is 1. The second-order valence-corrected chi connectivity index (χ2v) is 3.93. The van der Waals surface area contributed by atoms with Crippen LogP contribution in [0.3, 0.4) is 0 Å². The Morgan fingerprint density at radius 2 is 2.30 bits per heavy atom. The monoisotopic (exact) mass is 274 g/mol. The largest absolute Gasteiger partial charge is 0.463 e. The van der Waals surface area contributed by atoms with Crippen LogP contribution in [0.2, 0.25) is 0 Å². The van der Waals surface area contributed by atoms with Crippen molar-refractivity contribution in [2.75, 3.05) is 12.4 Å². The number of furan rings is 1. The van der Waals surface area contributed by atoms with Crippen LogP contribution in [0.1, 0.15) is 21.7 Å². The van der Waals surface area contributed by atoms with Crippen LogP contribution in [0.15, 0.2) is 34.9 Å². The molecule has 1 aromatic heterocycles. The third-order valence-corrected chi connectivity index (χ3v) is 2.69. The van der Waals surface area contributed by atoms with Gasteiger partial charge in [0, 0.05) is 12.1 Å². The number of rotatable bonds is 4. The van der Waals surface area contributed by atoms with Crippen molar-refractivity contribution in [1.82, 2.24) is 0 Å². The van der Waals surface area contributed by atoms with Crippen molar-refractivity contribution < 1.29 is 18.3 Å². The Morgan fingerprint density at radius 3 is 2.95 bits per heavy atom. The number of nitrogens with one attached hydrogen (secondary N) is 1. The van der Waals surface area contributed by atoms with Crippen LogP contribution >= 0.6 is 0 Å². The number of ether oxygens (including phenoxy) is 1. The summed E-state index contributed by atoms with van der Waals surface area (Å²) >= 11 is 0. The van der Waals surface area contributed by atoms with Crippen molar-refractivity contribution in [3.8, 4) is 6.07 Å². The highest BCUT2D eigenvalue weighted by atomic mass is 19.1. The van der Waals surface area contributed by atoms with Gasteiger partial charge in [0.05, 0.1) is 30.7 Å². The fourth-order valence-corrected chi connectivity index (χ4v) is 1.67. The van der Waals surface area contributed by atoms with Gasteiger partial charge in [-0.05, 0) is 24.3 Å². The predicted molar refractivity (Wildman–Crippen MR) is 68.5 cm³/mol. The lowest BCUT2D eigenvalue weighted by molar-refractivity contribution is 0.0563. The van der Waals surface area contributed by atoms with Crippen molar-refractivity contribution in [1.29, 1.82) is 5.26 Å². The summed E-state index contributed by atoms with van der Waals surface area (Å²) in [7, 11) is 1.25. The van der Waals surface area contributed by atoms with Crippen LogP contribution in [0, 0.1) is 17.1 Å². The van der Waals surface area contributed by atoms with Crippen molar-refractivity contribution in [3.05, 3.63) is 53.2 Å². The van der Waals surface area contributed by atoms with Crippen molar-refractivity contribution >= 4 is 11.7 Å². The van der Waals surface area contributed by atoms with E-state index in [1.807, 2.05) is 6.07 Å². The number of carbonyl (C=O) groups is 1. The van der Waals surface area contributed by atoms with E-state index in [2.05, 4.69) is 10.1 Å². The number of halogens is 1. The molecule has 0 spiro atoms. The molecule has 0 atom stereocenters. The lowest BCUT2D eigenvalue weighted by Crippen LogP contribution is -2.07. The van der Waals surface area contributed by atoms with Gasteiger partial charge in [-0.3, -0.25) is 0 Å². The fraction of sp³-hybridized carbons (Fsp3) is 0.143. The number of nitrogens with zero attached hydrogens (tertiary/aromatic N) is 1. The number of nitriles is 1. The zero-order chi connectivity index (χ0) is 14.5. The molecule has 102 valence electrons. The number of anilines is 1. The SMILES string of the molecule is COC(=O)c1occc1CNc1ccc(C#N)cc1F. The Morgan fingerprint density at radius 1 is 1.50 bits per heavy atom. The number of hydrogen-bond donors (Lipinski definition) is 1. The Hall–Kier alpha value is -2.81. The molecule has 1 heterocycles. The van der Waals surface area contributed by atoms with E-state index in [-0.39, 0.29) is 23.6 Å². The van der Waals surface area contributed by atoms with Gasteiger partial charge in [0.2, 0.25) is 5.76 Å². The standard InChI is InChI=1S/C14H11FN2O3/c1-19-14(18)13-10(4-5-20-13)8-17-12-3-2-9(7-16)6-11(12)15/h2-6,17H,8H2,1H3. The van der Waals surface area contributed by atoms with Gasteiger partial charge in [0.1, 0.15) is 5.82 Å². The quantitative estimate of drug-likeness (QED) is 0.867. The molecule has 1 aromatic carbocycles. The Balaban J connectivity index is 2.12. The molecule has 0 radical (unpaired) electrons. The molecule has 0 saturated heterocycles. The van der Waals surface area contributed by atoms with Crippen molar-refractivity contribution in [2.45, 2.75) is 6.54 Å². The smallest absolute Gasteiger partial charge is 0.374 e. The molecule has 0 saturated carbocycles. The summed E-state index contributed by atoms with van der Waals surface area (Å²) in [4.78, 5) is 11.4. The minimum Gasteiger partial charge on any atom is -0.463 e. The minimum atomic E-state index is -0.591. The summed E-state index contributed by atoms with van der Waals surface area (Å²) in [6.45, 7) is 0.198. The van der Waals surface area contributed by atoms with E-state index in [0.717, 1.165) is 6.07 Å². The topological polar surface area (TPSA) is 75.3 Å². The molecule has 0 bridgehead atoms. The second-order valence-electron chi connectivity index (χ2n) is 3.93. The molecule has 0 fully saturated rings. The van der Waals surface area contributed by atoms with Crippen LogP contribution in [-0.2, 0) is 11.3 Å². The van der Waals surface area contributed by atoms with E-state index in [4.69, 9.17) is 9.68 Å². The lowest BCUT2D eigenvalue weighted by Gasteiger charge is -2.07. The first-order chi connectivity index (χ1) is 9.65. The molecular weight excluding hydrogens is 263 g/mol. The van der Waals surface area contributed by atoms with Crippen LogP contribution < -0.4 is 5.32 Å². The number of carbonyl (C=O) groups excluding carboxylic acids is 1. The first-order valence-corrected chi connectivity index (χ1v) is 5.74. The second kappa shape index (κ2) is 5.89. The molecule has 2 aromatic rings. The summed E-state index contributed by atoms with van der Waals surface area (Å²) in [5, 5.41) is 11.5. The first-order valence-electron chi connectivity index (χ1n) is 5.74. The van der Waals surface area contributed by atoms with Gasteiger partial charge in [0.15, 0.2) is 0 Å². The molecule has 6 heteroatoms. The first kappa shape index (κ1) is 13.6. The van der Waals surface area contributed by atoms with E-state index in [1.165, 1.54) is 25.5 Å². The summed E-state index contributed by atoms with van der Waals surface area (Å²) < 4.78 is 23.3. The lowest BCUT2D eigenvalue weighted by atomic mass is 10.2. The minimum absolute atomic E-state index is 0.0778. The van der Waals surface area contributed by atoms with Crippen LogP contribution in [0.5, 0.6) is 0 Å². The summed E-state index contributed by atoms with van der Waals surface area (Å²) in [5.74, 6) is -1.05. The van der Waals surface area contributed by atoms with Gasteiger partial charge in [-0.2, -0.15) is 5.26 Å². The van der Waals surface area contributed by atoms with E-state index in [9.17, 15) is 9.18 Å². The molecule has 0 amide bonds. The van der Waals surface area contributed by atoms with Crippen LogP contribution in [-0.4, -0.2) is 13.1 Å². The maximum absolute atomic E-state index is 13.7. The van der Waals surface area contributed by atoms with Gasteiger partial charge < -0.3 is 14.5 Å². The van der Waals surface area contributed by atoms with Crippen molar-refractivity contribution in [2.24, 2.45) is 0 Å². The average molecular weight is 274 g/mol. The molecule has 0 unspecified atom stereocenters. The molecular formula is C14H11FN2O3. The summed E-state index contributed by atoms with van der Waals surface area (Å²) in [6, 6.07) is 7.55. The van der Waals surface area contributed by atoms with E-state index in [1.54, 1.807) is 6.07 Å². The maximum atomic E-state index is 13.7. The molecule has 0 aliphatic rings. The average Bonchev–Trinajstić information content (AvgIpc) is 2.93. The molecule has 20 heavy (non-hydrogen) atoms. The zero-order valence-corrected chi connectivity index (χ0v) is 10.6. The fourth-order valence-electron chi connectivity index (χ4n) is 1.67. The normalized spacial score (nSPS) is 9.85. The van der Waals surface area contributed by atoms with E-state index in [0.29, 0.717) is 5.56 Å². The van der Waals surface area contributed by atoms with Gasteiger partial charge in [0.25, 0.3) is 0 Å². The Labute approximate surface area is 114 Å². The third kappa shape index (κ3) is 2.78. The van der Waals surface area contributed by atoms with Gasteiger partial charge in [-0.25, -0.2) is 9.18 Å². The number of hydrogen-bond acceptors (Lipinski definition) is 5. The highest BCUT2D eigenvalue weighted by molar-refractivity contribution is 5.87. The predicted octanol–water partition coefficient (Wildman–Crippen LogP) is 2.69. The number of methoxy groups -OCH3 is 1. The third-order valence-electron chi connectivity index (χ3n) is 2.69. The van der Waals surface area contributed by atoms with Gasteiger partial charge in [-0.1, -0.05) is 0 Å².